The number of para-hydroxylation sites is 1. The van der Waals surface area contributed by atoms with Crippen LogP contribution in [0.15, 0.2) is 53.6 Å². The summed E-state index contributed by atoms with van der Waals surface area (Å²) in [6.07, 6.45) is 1.38. The molecule has 0 atom stereocenters. The van der Waals surface area contributed by atoms with Gasteiger partial charge in [-0.1, -0.05) is 36.4 Å². The largest absolute Gasteiger partial charge is 0.506 e. The molecule has 0 saturated heterocycles. The Labute approximate surface area is 126 Å². The van der Waals surface area contributed by atoms with Crippen molar-refractivity contribution in [2.24, 2.45) is 5.10 Å². The van der Waals surface area contributed by atoms with Gasteiger partial charge in [-0.25, -0.2) is 10.2 Å². The molecule has 0 radical (unpaired) electrons. The maximum atomic E-state index is 11.7. The number of carbonyl (C=O) groups excluding carboxylic acids is 1. The van der Waals surface area contributed by atoms with Crippen molar-refractivity contribution in [3.8, 4) is 5.75 Å². The molecule has 2 rings (SSSR count). The molecular formula is C16H14N2O4. The van der Waals surface area contributed by atoms with E-state index in [9.17, 15) is 14.7 Å². The number of carbonyl (C=O) groups is 2. The van der Waals surface area contributed by atoms with Gasteiger partial charge in [0.05, 0.1) is 12.6 Å². The van der Waals surface area contributed by atoms with Crippen molar-refractivity contribution in [3.05, 3.63) is 65.2 Å². The molecule has 0 saturated carbocycles. The van der Waals surface area contributed by atoms with Crippen LogP contribution in [-0.2, 0) is 11.2 Å². The Balaban J connectivity index is 1.99. The van der Waals surface area contributed by atoms with Gasteiger partial charge < -0.3 is 10.2 Å². The van der Waals surface area contributed by atoms with Gasteiger partial charge in [0.2, 0.25) is 5.91 Å². The Bertz CT molecular complexity index is 711. The third-order valence-electron chi connectivity index (χ3n) is 2.90. The lowest BCUT2D eigenvalue weighted by molar-refractivity contribution is -0.120. The Hall–Kier alpha value is -3.15. The van der Waals surface area contributed by atoms with Crippen LogP contribution >= 0.6 is 0 Å². The van der Waals surface area contributed by atoms with E-state index in [2.05, 4.69) is 10.5 Å². The summed E-state index contributed by atoms with van der Waals surface area (Å²) in [5.74, 6) is -1.94. The van der Waals surface area contributed by atoms with E-state index in [0.29, 0.717) is 0 Å². The fourth-order valence-corrected chi connectivity index (χ4v) is 1.83. The number of phenols is 1. The number of hydrogen-bond donors (Lipinski definition) is 3. The summed E-state index contributed by atoms with van der Waals surface area (Å²) >= 11 is 0. The van der Waals surface area contributed by atoms with Crippen LogP contribution in [0.1, 0.15) is 21.5 Å². The van der Waals surface area contributed by atoms with E-state index in [4.69, 9.17) is 5.11 Å². The molecule has 6 heteroatoms. The monoisotopic (exact) mass is 298 g/mol. The first-order valence-corrected chi connectivity index (χ1v) is 6.49. The predicted octanol–water partition coefficient (Wildman–Crippen LogP) is 1.78. The highest BCUT2D eigenvalue weighted by molar-refractivity contribution is 5.96. The number of hydrogen-bond acceptors (Lipinski definition) is 4. The zero-order chi connectivity index (χ0) is 15.9. The number of aromatic carboxylic acids is 1. The van der Waals surface area contributed by atoms with Gasteiger partial charge in [0, 0.05) is 5.56 Å². The molecule has 0 aliphatic rings. The molecular weight excluding hydrogens is 284 g/mol. The molecule has 2 aromatic carbocycles. The molecule has 0 aromatic heterocycles. The van der Waals surface area contributed by atoms with Crippen molar-refractivity contribution >= 4 is 18.1 Å². The zero-order valence-electron chi connectivity index (χ0n) is 11.6. The van der Waals surface area contributed by atoms with Crippen LogP contribution in [0.25, 0.3) is 0 Å². The minimum absolute atomic E-state index is 0.180. The SMILES string of the molecule is O=C(Cc1ccccc1)N/N=C/c1cccc(C(=O)O)c1O. The Morgan fingerprint density at radius 2 is 1.82 bits per heavy atom. The highest BCUT2D eigenvalue weighted by Gasteiger charge is 2.11. The average Bonchev–Trinajstić information content (AvgIpc) is 2.49. The molecule has 0 heterocycles. The van der Waals surface area contributed by atoms with E-state index < -0.39 is 11.7 Å². The van der Waals surface area contributed by atoms with Crippen LogP contribution in [0, 0.1) is 0 Å². The number of carboxylic acid groups (broad SMARTS) is 1. The van der Waals surface area contributed by atoms with Crippen molar-refractivity contribution in [1.82, 2.24) is 5.43 Å². The van der Waals surface area contributed by atoms with Gasteiger partial charge in [-0.05, 0) is 17.7 Å². The molecule has 0 aliphatic heterocycles. The molecule has 0 aliphatic carbocycles. The minimum atomic E-state index is -1.24. The first-order chi connectivity index (χ1) is 10.6. The summed E-state index contributed by atoms with van der Waals surface area (Å²) in [6, 6.07) is 13.4. The summed E-state index contributed by atoms with van der Waals surface area (Å²) in [7, 11) is 0. The summed E-state index contributed by atoms with van der Waals surface area (Å²) in [5, 5.41) is 22.4. The normalized spacial score (nSPS) is 10.5. The highest BCUT2D eigenvalue weighted by Crippen LogP contribution is 2.20. The maximum Gasteiger partial charge on any atom is 0.339 e. The van der Waals surface area contributed by atoms with E-state index in [0.717, 1.165) is 5.56 Å². The van der Waals surface area contributed by atoms with Crippen LogP contribution in [0.4, 0.5) is 0 Å². The van der Waals surface area contributed by atoms with Crippen LogP contribution in [0.3, 0.4) is 0 Å². The van der Waals surface area contributed by atoms with Gasteiger partial charge in [-0.3, -0.25) is 4.79 Å². The number of aromatic hydroxyl groups is 1. The topological polar surface area (TPSA) is 99.0 Å². The smallest absolute Gasteiger partial charge is 0.339 e. The number of nitrogens with zero attached hydrogens (tertiary/aromatic N) is 1. The molecule has 0 unspecified atom stereocenters. The molecule has 22 heavy (non-hydrogen) atoms. The van der Waals surface area contributed by atoms with Gasteiger partial charge in [0.1, 0.15) is 11.3 Å². The molecule has 2 aromatic rings. The first-order valence-electron chi connectivity index (χ1n) is 6.49. The Kier molecular flexibility index (Phi) is 4.87. The van der Waals surface area contributed by atoms with Gasteiger partial charge in [0.15, 0.2) is 0 Å². The lowest BCUT2D eigenvalue weighted by atomic mass is 10.1. The molecule has 1 amide bonds. The molecule has 0 spiro atoms. The van der Waals surface area contributed by atoms with Crippen molar-refractivity contribution in [1.29, 1.82) is 0 Å². The summed E-state index contributed by atoms with van der Waals surface area (Å²) < 4.78 is 0. The highest BCUT2D eigenvalue weighted by atomic mass is 16.4. The second kappa shape index (κ2) is 7.03. The zero-order valence-corrected chi connectivity index (χ0v) is 11.6. The number of rotatable bonds is 5. The molecule has 112 valence electrons. The number of hydrazone groups is 1. The molecule has 0 bridgehead atoms. The number of carboxylic acids is 1. The van der Waals surface area contributed by atoms with Gasteiger partial charge >= 0.3 is 5.97 Å². The lowest BCUT2D eigenvalue weighted by Gasteiger charge is -2.03. The maximum absolute atomic E-state index is 11.7. The molecule has 0 fully saturated rings. The quantitative estimate of drug-likeness (QED) is 0.579. The van der Waals surface area contributed by atoms with Gasteiger partial charge in [0.25, 0.3) is 0 Å². The standard InChI is InChI=1S/C16H14N2O4/c19-14(9-11-5-2-1-3-6-11)18-17-10-12-7-4-8-13(15(12)20)16(21)22/h1-8,10,20H,9H2,(H,18,19)(H,21,22)/b17-10+. The fraction of sp³-hybridized carbons (Fsp3) is 0.0625. The third kappa shape index (κ3) is 3.92. The van der Waals surface area contributed by atoms with Crippen molar-refractivity contribution in [2.45, 2.75) is 6.42 Å². The van der Waals surface area contributed by atoms with E-state index in [1.807, 2.05) is 30.3 Å². The van der Waals surface area contributed by atoms with Crippen LogP contribution in [0.5, 0.6) is 5.75 Å². The number of amides is 1. The van der Waals surface area contributed by atoms with Gasteiger partial charge in [-0.2, -0.15) is 5.10 Å². The van der Waals surface area contributed by atoms with Crippen molar-refractivity contribution < 1.29 is 19.8 Å². The lowest BCUT2D eigenvalue weighted by Crippen LogP contribution is -2.19. The summed E-state index contributed by atoms with van der Waals surface area (Å²) in [6.45, 7) is 0. The van der Waals surface area contributed by atoms with Crippen LogP contribution in [0.2, 0.25) is 0 Å². The van der Waals surface area contributed by atoms with Crippen molar-refractivity contribution in [2.75, 3.05) is 0 Å². The number of nitrogens with one attached hydrogen (secondary N) is 1. The third-order valence-corrected chi connectivity index (χ3v) is 2.90. The Morgan fingerprint density at radius 1 is 1.09 bits per heavy atom. The van der Waals surface area contributed by atoms with Gasteiger partial charge in [-0.15, -0.1) is 0 Å². The van der Waals surface area contributed by atoms with E-state index in [-0.39, 0.29) is 23.5 Å². The second-order valence-electron chi connectivity index (χ2n) is 4.50. The number of benzene rings is 2. The fourth-order valence-electron chi connectivity index (χ4n) is 1.83. The van der Waals surface area contributed by atoms with Crippen LogP contribution in [-0.4, -0.2) is 28.3 Å². The van der Waals surface area contributed by atoms with E-state index in [1.54, 1.807) is 0 Å². The van der Waals surface area contributed by atoms with E-state index >= 15 is 0 Å². The Morgan fingerprint density at radius 3 is 2.50 bits per heavy atom. The van der Waals surface area contributed by atoms with Crippen molar-refractivity contribution in [3.63, 3.8) is 0 Å². The summed E-state index contributed by atoms with van der Waals surface area (Å²) in [4.78, 5) is 22.6. The van der Waals surface area contributed by atoms with E-state index in [1.165, 1.54) is 24.4 Å². The second-order valence-corrected chi connectivity index (χ2v) is 4.50. The molecule has 3 N–H and O–H groups in total. The van der Waals surface area contributed by atoms with Crippen LogP contribution < -0.4 is 5.43 Å². The predicted molar refractivity (Wildman–Crippen MR) is 80.9 cm³/mol. The minimum Gasteiger partial charge on any atom is -0.506 e. The average molecular weight is 298 g/mol. The molecule has 6 nitrogen and oxygen atoms in total. The first kappa shape index (κ1) is 15.2. The summed E-state index contributed by atoms with van der Waals surface area (Å²) in [5.41, 5.74) is 3.17.